The van der Waals surface area contributed by atoms with Crippen molar-refractivity contribution in [1.29, 1.82) is 0 Å². The number of nitro groups is 2. The van der Waals surface area contributed by atoms with Crippen molar-refractivity contribution in [2.75, 3.05) is 5.32 Å². The minimum Gasteiger partial charge on any atom is -0.443 e. The summed E-state index contributed by atoms with van der Waals surface area (Å²) in [7, 11) is 0. The van der Waals surface area contributed by atoms with Gasteiger partial charge in [-0.2, -0.15) is 0 Å². The lowest BCUT2D eigenvalue weighted by molar-refractivity contribution is -0.385. The Labute approximate surface area is 196 Å². The number of hydrogen-bond donors (Lipinski definition) is 1. The predicted octanol–water partition coefficient (Wildman–Crippen LogP) is 5.35. The number of benzene rings is 3. The molecule has 0 aliphatic carbocycles. The Morgan fingerprint density at radius 1 is 0.879 bits per heavy atom. The van der Waals surface area contributed by atoms with Crippen LogP contribution in [-0.2, 0) is 9.53 Å². The molecule has 1 atom stereocenters. The Balaban J connectivity index is 1.94. The number of carbonyl (C=O) groups is 2. The van der Waals surface area contributed by atoms with Crippen LogP contribution in [0.15, 0.2) is 66.7 Å². The summed E-state index contributed by atoms with van der Waals surface area (Å²) >= 11 is 11.7. The van der Waals surface area contributed by atoms with Gasteiger partial charge in [-0.1, -0.05) is 53.5 Å². The molecule has 3 rings (SSSR count). The van der Waals surface area contributed by atoms with Gasteiger partial charge in [0.15, 0.2) is 0 Å². The van der Waals surface area contributed by atoms with Crippen LogP contribution in [0.3, 0.4) is 0 Å². The molecule has 10 nitrogen and oxygen atoms in total. The van der Waals surface area contributed by atoms with E-state index in [0.717, 1.165) is 18.2 Å². The molecule has 1 amide bonds. The largest absolute Gasteiger partial charge is 0.443 e. The lowest BCUT2D eigenvalue weighted by atomic mass is 10.1. The van der Waals surface area contributed by atoms with Gasteiger partial charge in [-0.3, -0.25) is 25.0 Å². The van der Waals surface area contributed by atoms with Crippen LogP contribution in [0.25, 0.3) is 0 Å². The molecule has 0 aliphatic rings. The Bertz CT molecular complexity index is 1250. The lowest BCUT2D eigenvalue weighted by Gasteiger charge is -2.18. The summed E-state index contributed by atoms with van der Waals surface area (Å²) in [6.45, 7) is 0. The Morgan fingerprint density at radius 3 is 2.18 bits per heavy atom. The molecule has 0 fully saturated rings. The third-order valence-electron chi connectivity index (χ3n) is 4.35. The van der Waals surface area contributed by atoms with Crippen LogP contribution in [-0.4, -0.2) is 21.7 Å². The molecule has 0 heterocycles. The number of halogens is 2. The summed E-state index contributed by atoms with van der Waals surface area (Å²) in [4.78, 5) is 46.7. The monoisotopic (exact) mass is 489 g/mol. The first kappa shape index (κ1) is 23.6. The SMILES string of the molecule is O=C(OC(C(=O)Nc1ccc(Cl)c([N+](=O)[O-])c1)c1ccccc1)c1cc(Cl)ccc1[N+](=O)[O-]. The van der Waals surface area contributed by atoms with Crippen LogP contribution in [0.5, 0.6) is 0 Å². The standard InChI is InChI=1S/C21H13Cl2N3O7/c22-13-6-9-17(25(29)30)15(10-13)21(28)33-19(12-4-2-1-3-5-12)20(27)24-14-7-8-16(23)18(11-14)26(31)32/h1-11,19H,(H,24,27). The fourth-order valence-corrected chi connectivity index (χ4v) is 3.20. The van der Waals surface area contributed by atoms with Crippen LogP contribution in [0, 0.1) is 20.2 Å². The molecule has 0 spiro atoms. The Hall–Kier alpha value is -4.02. The first-order chi connectivity index (χ1) is 15.7. The van der Waals surface area contributed by atoms with Crippen molar-refractivity contribution in [3.63, 3.8) is 0 Å². The summed E-state index contributed by atoms with van der Waals surface area (Å²) in [6.07, 6.45) is -1.54. The highest BCUT2D eigenvalue weighted by Gasteiger charge is 2.30. The molecule has 0 aliphatic heterocycles. The second-order valence-corrected chi connectivity index (χ2v) is 7.37. The molecule has 1 unspecified atom stereocenters. The molecular weight excluding hydrogens is 477 g/mol. The van der Waals surface area contributed by atoms with Crippen LogP contribution in [0.1, 0.15) is 22.0 Å². The zero-order valence-electron chi connectivity index (χ0n) is 16.4. The molecule has 1 N–H and O–H groups in total. The molecule has 12 heteroatoms. The van der Waals surface area contributed by atoms with Gasteiger partial charge in [0.05, 0.1) is 9.85 Å². The topological polar surface area (TPSA) is 142 Å². The van der Waals surface area contributed by atoms with Gasteiger partial charge < -0.3 is 10.1 Å². The minimum atomic E-state index is -1.54. The lowest BCUT2D eigenvalue weighted by Crippen LogP contribution is -2.26. The molecule has 33 heavy (non-hydrogen) atoms. The Kier molecular flexibility index (Phi) is 7.21. The van der Waals surface area contributed by atoms with Gasteiger partial charge >= 0.3 is 5.97 Å². The smallest absolute Gasteiger partial charge is 0.346 e. The number of anilines is 1. The van der Waals surface area contributed by atoms with Gasteiger partial charge in [0.2, 0.25) is 6.10 Å². The van der Waals surface area contributed by atoms with Gasteiger partial charge in [0.25, 0.3) is 17.3 Å². The molecular formula is C21H13Cl2N3O7. The van der Waals surface area contributed by atoms with E-state index < -0.39 is 44.8 Å². The van der Waals surface area contributed by atoms with Crippen molar-refractivity contribution < 1.29 is 24.2 Å². The zero-order valence-corrected chi connectivity index (χ0v) is 17.9. The van der Waals surface area contributed by atoms with E-state index in [1.54, 1.807) is 18.2 Å². The van der Waals surface area contributed by atoms with E-state index in [9.17, 15) is 29.8 Å². The Morgan fingerprint density at radius 2 is 1.55 bits per heavy atom. The van der Waals surface area contributed by atoms with Crippen molar-refractivity contribution in [3.8, 4) is 0 Å². The fourth-order valence-electron chi connectivity index (χ4n) is 2.84. The van der Waals surface area contributed by atoms with E-state index in [4.69, 9.17) is 27.9 Å². The summed E-state index contributed by atoms with van der Waals surface area (Å²) in [5, 5.41) is 24.8. The molecule has 0 saturated carbocycles. The van der Waals surface area contributed by atoms with E-state index in [-0.39, 0.29) is 21.3 Å². The quantitative estimate of drug-likeness (QED) is 0.267. The third-order valence-corrected chi connectivity index (χ3v) is 4.91. The van der Waals surface area contributed by atoms with Crippen LogP contribution < -0.4 is 5.32 Å². The number of ether oxygens (including phenoxy) is 1. The predicted molar refractivity (Wildman–Crippen MR) is 119 cm³/mol. The number of nitrogens with one attached hydrogen (secondary N) is 1. The van der Waals surface area contributed by atoms with Crippen molar-refractivity contribution in [1.82, 2.24) is 0 Å². The summed E-state index contributed by atoms with van der Waals surface area (Å²) in [5.41, 5.74) is -1.14. The first-order valence-corrected chi connectivity index (χ1v) is 9.87. The average molecular weight is 490 g/mol. The number of carbonyl (C=O) groups excluding carboxylic acids is 2. The molecule has 168 valence electrons. The third kappa shape index (κ3) is 5.62. The highest BCUT2D eigenvalue weighted by atomic mass is 35.5. The number of rotatable bonds is 7. The van der Waals surface area contributed by atoms with E-state index in [1.165, 1.54) is 30.3 Å². The first-order valence-electron chi connectivity index (χ1n) is 9.12. The summed E-state index contributed by atoms with van der Waals surface area (Å²) < 4.78 is 5.33. The molecule has 0 saturated heterocycles. The maximum Gasteiger partial charge on any atom is 0.346 e. The van der Waals surface area contributed by atoms with Gasteiger partial charge in [-0.05, 0) is 24.3 Å². The second kappa shape index (κ2) is 10.1. The van der Waals surface area contributed by atoms with E-state index in [0.29, 0.717) is 0 Å². The summed E-state index contributed by atoms with van der Waals surface area (Å²) in [6, 6.07) is 14.8. The zero-order chi connectivity index (χ0) is 24.1. The normalized spacial score (nSPS) is 11.3. The molecule has 0 aromatic heterocycles. The maximum absolute atomic E-state index is 13.0. The van der Waals surface area contributed by atoms with Gasteiger partial charge in [-0.25, -0.2) is 4.79 Å². The van der Waals surface area contributed by atoms with Crippen molar-refractivity contribution in [2.24, 2.45) is 0 Å². The fraction of sp³-hybridized carbons (Fsp3) is 0.0476. The minimum absolute atomic E-state index is 0.0295. The number of hydrogen-bond acceptors (Lipinski definition) is 7. The molecule has 0 bridgehead atoms. The van der Waals surface area contributed by atoms with Gasteiger partial charge in [-0.15, -0.1) is 0 Å². The van der Waals surface area contributed by atoms with Gasteiger partial charge in [0.1, 0.15) is 10.6 Å². The number of nitro benzene ring substituents is 2. The van der Waals surface area contributed by atoms with Crippen molar-refractivity contribution in [2.45, 2.75) is 6.10 Å². The van der Waals surface area contributed by atoms with E-state index in [2.05, 4.69) is 5.32 Å². The van der Waals surface area contributed by atoms with Crippen LogP contribution >= 0.6 is 23.2 Å². The molecule has 3 aromatic carbocycles. The molecule has 3 aromatic rings. The number of esters is 1. The maximum atomic E-state index is 13.0. The van der Waals surface area contributed by atoms with Crippen molar-refractivity contribution in [3.05, 3.63) is 108 Å². The number of amides is 1. The van der Waals surface area contributed by atoms with E-state index in [1.807, 2.05) is 0 Å². The van der Waals surface area contributed by atoms with Gasteiger partial charge in [0, 0.05) is 28.4 Å². The summed E-state index contributed by atoms with van der Waals surface area (Å²) in [5.74, 6) is -2.01. The van der Waals surface area contributed by atoms with Crippen LogP contribution in [0.4, 0.5) is 17.1 Å². The van der Waals surface area contributed by atoms with Crippen LogP contribution in [0.2, 0.25) is 10.0 Å². The highest BCUT2D eigenvalue weighted by Crippen LogP contribution is 2.30. The number of nitrogens with zero attached hydrogens (tertiary/aromatic N) is 2. The van der Waals surface area contributed by atoms with E-state index >= 15 is 0 Å². The van der Waals surface area contributed by atoms with Crippen molar-refractivity contribution >= 4 is 52.1 Å². The average Bonchev–Trinajstić information content (AvgIpc) is 2.78. The highest BCUT2D eigenvalue weighted by molar-refractivity contribution is 6.32. The second-order valence-electron chi connectivity index (χ2n) is 6.53. The molecule has 0 radical (unpaired) electrons.